The van der Waals surface area contributed by atoms with Crippen molar-refractivity contribution >= 4 is 40.5 Å². The van der Waals surface area contributed by atoms with E-state index in [9.17, 15) is 0 Å². The van der Waals surface area contributed by atoms with Crippen molar-refractivity contribution in [2.75, 3.05) is 0 Å². The summed E-state index contributed by atoms with van der Waals surface area (Å²) in [6, 6.07) is 18.7. The summed E-state index contributed by atoms with van der Waals surface area (Å²) in [5.41, 5.74) is 2.77. The first kappa shape index (κ1) is 20.9. The molecular weight excluding hydrogens is 463 g/mol. The second-order valence-corrected chi connectivity index (χ2v) is 8.67. The molecule has 2 unspecified atom stereocenters. The molecule has 0 amide bonds. The lowest BCUT2D eigenvalue weighted by Crippen LogP contribution is -2.29. The third-order valence-corrected chi connectivity index (χ3v) is 6.32. The van der Waals surface area contributed by atoms with Crippen LogP contribution in [0.15, 0.2) is 83.7 Å². The van der Waals surface area contributed by atoms with Gasteiger partial charge in [-0.05, 0) is 72.4 Å². The van der Waals surface area contributed by atoms with E-state index in [-0.39, 0.29) is 12.1 Å². The van der Waals surface area contributed by atoms with Crippen LogP contribution in [0.1, 0.15) is 29.1 Å². The Morgan fingerprint density at radius 1 is 1.00 bits per heavy atom. The molecule has 1 aromatic carbocycles. The fraction of sp³-hybridized carbons (Fsp3) is 0.125. The minimum Gasteiger partial charge on any atom is -0.459 e. The number of hydrogen-bond donors (Lipinski definition) is 1. The van der Waals surface area contributed by atoms with Crippen LogP contribution in [0.5, 0.6) is 0 Å². The van der Waals surface area contributed by atoms with Gasteiger partial charge in [-0.15, -0.1) is 0 Å². The van der Waals surface area contributed by atoms with Crippen molar-refractivity contribution in [3.05, 3.63) is 106 Å². The summed E-state index contributed by atoms with van der Waals surface area (Å²) in [4.78, 5) is 10.8. The molecule has 0 bridgehead atoms. The highest BCUT2D eigenvalue weighted by atomic mass is 35.5. The van der Waals surface area contributed by atoms with Gasteiger partial charge >= 0.3 is 0 Å². The maximum atomic E-state index is 6.41. The van der Waals surface area contributed by atoms with Crippen molar-refractivity contribution in [3.63, 3.8) is 0 Å². The van der Waals surface area contributed by atoms with Crippen molar-refractivity contribution in [2.24, 2.45) is 0 Å². The number of furan rings is 1. The van der Waals surface area contributed by atoms with Crippen LogP contribution in [-0.2, 0) is 6.54 Å². The van der Waals surface area contributed by atoms with Crippen LogP contribution in [0.4, 0.5) is 0 Å². The Kier molecular flexibility index (Phi) is 5.83. The van der Waals surface area contributed by atoms with E-state index in [1.807, 2.05) is 48.5 Å². The normalized spacial score (nSPS) is 18.1. The fourth-order valence-corrected chi connectivity index (χ4v) is 4.72. The summed E-state index contributed by atoms with van der Waals surface area (Å²) >= 11 is 18.2. The number of benzene rings is 1. The molecule has 0 aliphatic carbocycles. The lowest BCUT2D eigenvalue weighted by atomic mass is 10.0. The first-order valence-corrected chi connectivity index (χ1v) is 11.2. The van der Waals surface area contributed by atoms with Crippen LogP contribution < -0.4 is 5.32 Å². The van der Waals surface area contributed by atoms with E-state index in [0.717, 1.165) is 22.6 Å². The molecule has 4 aromatic rings. The van der Waals surface area contributed by atoms with Gasteiger partial charge in [0.1, 0.15) is 17.6 Å². The number of aromatic nitrogens is 2. The third kappa shape index (κ3) is 4.09. The van der Waals surface area contributed by atoms with E-state index in [2.05, 4.69) is 20.2 Å². The molecule has 160 valence electrons. The molecule has 8 heteroatoms. The predicted octanol–water partition coefficient (Wildman–Crippen LogP) is 6.22. The van der Waals surface area contributed by atoms with Crippen LogP contribution in [0, 0.1) is 0 Å². The summed E-state index contributed by atoms with van der Waals surface area (Å²) in [5, 5.41) is 5.19. The molecule has 5 rings (SSSR count). The molecule has 0 saturated carbocycles. The van der Waals surface area contributed by atoms with Gasteiger partial charge in [0.25, 0.3) is 0 Å². The highest BCUT2D eigenvalue weighted by Gasteiger charge is 2.41. The molecule has 1 aliphatic rings. The van der Waals surface area contributed by atoms with Crippen molar-refractivity contribution in [2.45, 2.75) is 18.6 Å². The maximum absolute atomic E-state index is 6.41. The zero-order chi connectivity index (χ0) is 22.1. The zero-order valence-corrected chi connectivity index (χ0v) is 19.1. The lowest BCUT2D eigenvalue weighted by Gasteiger charge is -2.26. The minimum atomic E-state index is -0.189. The lowest BCUT2D eigenvalue weighted by molar-refractivity contribution is 0.269. The number of nitrogens with zero attached hydrogens (tertiary/aromatic N) is 3. The van der Waals surface area contributed by atoms with Crippen molar-refractivity contribution in [1.82, 2.24) is 20.2 Å². The second kappa shape index (κ2) is 8.90. The average molecular weight is 481 g/mol. The summed E-state index contributed by atoms with van der Waals surface area (Å²) < 4.78 is 6.33. The van der Waals surface area contributed by atoms with Crippen molar-refractivity contribution < 1.29 is 4.42 Å². The highest BCUT2D eigenvalue weighted by molar-refractivity contribution is 7.80. The Labute approximate surface area is 201 Å². The maximum Gasteiger partial charge on any atom is 0.170 e. The molecule has 3 aromatic heterocycles. The van der Waals surface area contributed by atoms with Crippen LogP contribution in [-0.4, -0.2) is 20.0 Å². The van der Waals surface area contributed by atoms with Gasteiger partial charge in [0.15, 0.2) is 5.11 Å². The van der Waals surface area contributed by atoms with E-state index in [0.29, 0.717) is 27.5 Å². The minimum absolute atomic E-state index is 0.162. The first-order valence-electron chi connectivity index (χ1n) is 10.0. The van der Waals surface area contributed by atoms with E-state index in [1.54, 1.807) is 30.7 Å². The number of hydrogen-bond acceptors (Lipinski definition) is 4. The second-order valence-electron chi connectivity index (χ2n) is 7.44. The first-order chi connectivity index (χ1) is 15.6. The third-order valence-electron chi connectivity index (χ3n) is 5.41. The molecule has 2 atom stereocenters. The largest absolute Gasteiger partial charge is 0.459 e. The zero-order valence-electron chi connectivity index (χ0n) is 16.8. The molecular formula is C24H18Cl2N4OS. The molecule has 0 spiro atoms. The molecule has 1 N–H and O–H groups in total. The van der Waals surface area contributed by atoms with Gasteiger partial charge in [-0.3, -0.25) is 9.97 Å². The van der Waals surface area contributed by atoms with Crippen LogP contribution in [0.2, 0.25) is 10.0 Å². The van der Waals surface area contributed by atoms with Crippen LogP contribution in [0.25, 0.3) is 11.3 Å². The van der Waals surface area contributed by atoms with Crippen LogP contribution >= 0.6 is 35.4 Å². The molecule has 1 saturated heterocycles. The number of halogens is 2. The monoisotopic (exact) mass is 480 g/mol. The van der Waals surface area contributed by atoms with Gasteiger partial charge in [0, 0.05) is 35.7 Å². The Balaban J connectivity index is 1.55. The van der Waals surface area contributed by atoms with Gasteiger partial charge in [-0.2, -0.15) is 0 Å². The summed E-state index contributed by atoms with van der Waals surface area (Å²) in [6.07, 6.45) is 5.34. The van der Waals surface area contributed by atoms with Gasteiger partial charge in [-0.1, -0.05) is 29.3 Å². The molecule has 1 aliphatic heterocycles. The summed E-state index contributed by atoms with van der Waals surface area (Å²) in [5.74, 6) is 1.44. The predicted molar refractivity (Wildman–Crippen MR) is 129 cm³/mol. The number of rotatable bonds is 5. The van der Waals surface area contributed by atoms with Gasteiger partial charge in [0.2, 0.25) is 0 Å². The van der Waals surface area contributed by atoms with E-state index in [1.165, 1.54) is 0 Å². The Hall–Kier alpha value is -2.93. The van der Waals surface area contributed by atoms with Gasteiger partial charge < -0.3 is 14.6 Å². The molecule has 1 fully saturated rings. The Morgan fingerprint density at radius 3 is 2.59 bits per heavy atom. The molecule has 0 radical (unpaired) electrons. The van der Waals surface area contributed by atoms with E-state index < -0.39 is 0 Å². The van der Waals surface area contributed by atoms with Crippen molar-refractivity contribution in [1.29, 1.82) is 0 Å². The van der Waals surface area contributed by atoms with Crippen molar-refractivity contribution in [3.8, 4) is 11.3 Å². The number of thiocarbonyl (C=S) groups is 1. The fourth-order valence-electron chi connectivity index (χ4n) is 3.92. The standard InChI is InChI=1S/C24H18Cl2N4OS/c25-16-4-5-17(18(26)13-16)20-6-7-21(31-20)23-22(19-3-1-2-10-28-19)29-24(32)30(23)14-15-8-11-27-12-9-15/h1-13,22-23H,14H2,(H,29,32). The Morgan fingerprint density at radius 2 is 1.84 bits per heavy atom. The number of nitrogens with one attached hydrogen (secondary N) is 1. The number of pyridine rings is 2. The van der Waals surface area contributed by atoms with Crippen LogP contribution in [0.3, 0.4) is 0 Å². The van der Waals surface area contributed by atoms with E-state index in [4.69, 9.17) is 39.8 Å². The topological polar surface area (TPSA) is 54.2 Å². The summed E-state index contributed by atoms with van der Waals surface area (Å²) in [7, 11) is 0. The van der Waals surface area contributed by atoms with Gasteiger partial charge in [-0.25, -0.2) is 0 Å². The molecule has 4 heterocycles. The summed E-state index contributed by atoms with van der Waals surface area (Å²) in [6.45, 7) is 0.611. The average Bonchev–Trinajstić information content (AvgIpc) is 3.40. The molecule has 32 heavy (non-hydrogen) atoms. The Bertz CT molecular complexity index is 1250. The smallest absolute Gasteiger partial charge is 0.170 e. The SMILES string of the molecule is S=C1NC(c2ccccn2)C(c2ccc(-c3ccc(Cl)cc3Cl)o2)N1Cc1ccncc1. The highest BCUT2D eigenvalue weighted by Crippen LogP contribution is 2.42. The molecule has 5 nitrogen and oxygen atoms in total. The quantitative estimate of drug-likeness (QED) is 0.342. The van der Waals surface area contributed by atoms with Gasteiger partial charge in [0.05, 0.1) is 16.8 Å². The van der Waals surface area contributed by atoms with E-state index >= 15 is 0 Å².